The molecule has 2 amide bonds. The van der Waals surface area contributed by atoms with E-state index in [4.69, 9.17) is 28.4 Å². The Hall–Kier alpha value is -6.98. The summed E-state index contributed by atoms with van der Waals surface area (Å²) in [7, 11) is 3.14. The lowest BCUT2D eigenvalue weighted by atomic mass is 9.78. The van der Waals surface area contributed by atoms with E-state index in [-0.39, 0.29) is 34.0 Å². The molecule has 0 fully saturated rings. The first-order valence-electron chi connectivity index (χ1n) is 26.0. The molecule has 2 aliphatic heterocycles. The summed E-state index contributed by atoms with van der Waals surface area (Å²) >= 11 is 0. The number of carbonyl (C=O) groups is 4. The van der Waals surface area contributed by atoms with Crippen LogP contribution in [0.5, 0.6) is 23.0 Å². The van der Waals surface area contributed by atoms with Gasteiger partial charge in [0.1, 0.15) is 22.3 Å². The minimum absolute atomic E-state index is 0.0533. The highest BCUT2D eigenvalue weighted by Crippen LogP contribution is 2.47. The number of fused-ring (bicyclic) bond motifs is 6. The zero-order valence-electron chi connectivity index (χ0n) is 46.9. The molecule has 4 N–H and O–H groups in total. The molecule has 0 saturated heterocycles. The average Bonchev–Trinajstić information content (AvgIpc) is 3.30. The molecule has 0 radical (unpaired) electrons. The molecule has 18 heteroatoms. The number of benzene rings is 2. The van der Waals surface area contributed by atoms with Crippen molar-refractivity contribution in [3.05, 3.63) is 91.5 Å². The maximum atomic E-state index is 12.6. The number of ether oxygens (including phenoxy) is 6. The number of alkyl carbamates (subject to hydrolysis) is 2. The molecule has 0 aliphatic carbocycles. The van der Waals surface area contributed by atoms with E-state index in [2.05, 4.69) is 52.2 Å². The van der Waals surface area contributed by atoms with Gasteiger partial charge in [0.05, 0.1) is 38.8 Å². The molecule has 4 aromatic rings. The Balaban J connectivity index is 0.000000281. The van der Waals surface area contributed by atoms with E-state index in [0.29, 0.717) is 73.5 Å². The predicted molar refractivity (Wildman–Crippen MR) is 291 cm³/mol. The summed E-state index contributed by atoms with van der Waals surface area (Å²) in [5.41, 5.74) is 2.11. The second-order valence-corrected chi connectivity index (χ2v) is 23.5. The number of amides is 2. The molecule has 6 rings (SSSR count). The van der Waals surface area contributed by atoms with Crippen LogP contribution in [0.25, 0.3) is 22.5 Å². The van der Waals surface area contributed by atoms with Gasteiger partial charge in [0.25, 0.3) is 0 Å². The molecule has 2 aromatic carbocycles. The van der Waals surface area contributed by atoms with E-state index in [1.54, 1.807) is 14.2 Å². The first kappa shape index (κ1) is 59.9. The van der Waals surface area contributed by atoms with Crippen molar-refractivity contribution >= 4 is 24.1 Å². The monoisotopic (exact) mass is 1060 g/mol. The van der Waals surface area contributed by atoms with Crippen LogP contribution in [0.4, 0.5) is 9.59 Å². The van der Waals surface area contributed by atoms with Gasteiger partial charge >= 0.3 is 24.1 Å². The Kier molecular flexibility index (Phi) is 19.5. The molecular weight excluding hydrogens is 977 g/mol. The highest BCUT2D eigenvalue weighted by atomic mass is 16.6. The van der Waals surface area contributed by atoms with E-state index >= 15 is 0 Å². The number of aromatic nitrogens is 2. The predicted octanol–water partition coefficient (Wildman–Crippen LogP) is 10.9. The zero-order valence-corrected chi connectivity index (χ0v) is 46.9. The van der Waals surface area contributed by atoms with Crippen LogP contribution in [-0.4, -0.2) is 95.2 Å². The lowest BCUT2D eigenvalue weighted by Gasteiger charge is -2.39. The topological polar surface area (TPSA) is 232 Å². The Morgan fingerprint density at radius 2 is 0.882 bits per heavy atom. The third kappa shape index (κ3) is 16.0. The number of aromatic carboxylic acids is 2. The molecule has 2 aliphatic rings. The van der Waals surface area contributed by atoms with Crippen LogP contribution in [0.2, 0.25) is 0 Å². The molecule has 0 spiro atoms. The SMILES string of the molecule is COc1cc2c(cc1OCCCCCNC(=O)OC(C)(C)C)C[C@@H](C(C)(C)C)n1cc(C(=O)O)c(=O)cc1-2.COc1cc2c(cc1OCCCCCNC(=O)OC(C)(C)C)C[C@H](C(C)(C)C)n1cc(C(=O)O)c(=O)cc1-2. The maximum Gasteiger partial charge on any atom is 0.407 e. The quantitative estimate of drug-likeness (QED) is 0.0679. The van der Waals surface area contributed by atoms with Crippen molar-refractivity contribution in [3.63, 3.8) is 0 Å². The number of carboxylic acid groups (broad SMARTS) is 2. The molecule has 2 atom stereocenters. The number of nitrogens with one attached hydrogen (secondary N) is 2. The third-order valence-electron chi connectivity index (χ3n) is 12.9. The van der Waals surface area contributed by atoms with Gasteiger partial charge in [-0.2, -0.15) is 0 Å². The standard InChI is InChI=1S/2C29H40N2O7/c2*1-28(2,3)25-14-18-13-24(37-12-10-8-9-11-30-27(35)38-29(4,5)6)23(36-7)15-19(18)21-16-22(32)20(26(33)34)17-31(21)25/h2*13,15-17,25H,8-12,14H2,1-7H3,(H,30,35)(H,33,34)/t2*25-/m10/s1. The summed E-state index contributed by atoms with van der Waals surface area (Å²) in [6.07, 6.45) is 8.38. The van der Waals surface area contributed by atoms with Gasteiger partial charge in [0.2, 0.25) is 0 Å². The molecule has 0 saturated carbocycles. The molecular formula is C58H80N4O14. The first-order valence-corrected chi connectivity index (χ1v) is 26.0. The highest BCUT2D eigenvalue weighted by Gasteiger charge is 2.36. The van der Waals surface area contributed by atoms with Crippen LogP contribution in [0.15, 0.2) is 58.4 Å². The number of methoxy groups -OCH3 is 2. The highest BCUT2D eigenvalue weighted by molar-refractivity contribution is 5.88. The second kappa shape index (κ2) is 24.8. The van der Waals surface area contributed by atoms with Crippen molar-refractivity contribution in [3.8, 4) is 45.5 Å². The average molecular weight is 1060 g/mol. The summed E-state index contributed by atoms with van der Waals surface area (Å²) in [5.74, 6) is -0.111. The van der Waals surface area contributed by atoms with Crippen molar-refractivity contribution in [2.45, 2.75) is 158 Å². The fourth-order valence-corrected chi connectivity index (χ4v) is 9.17. The first-order chi connectivity index (χ1) is 35.4. The number of carbonyl (C=O) groups excluding carboxylic acids is 2. The second-order valence-electron chi connectivity index (χ2n) is 23.5. The van der Waals surface area contributed by atoms with Gasteiger partial charge in [-0.25, -0.2) is 19.2 Å². The van der Waals surface area contributed by atoms with Crippen molar-refractivity contribution in [2.75, 3.05) is 40.5 Å². The van der Waals surface area contributed by atoms with E-state index in [1.807, 2.05) is 74.9 Å². The van der Waals surface area contributed by atoms with E-state index in [0.717, 1.165) is 60.8 Å². The molecule has 76 heavy (non-hydrogen) atoms. The molecule has 416 valence electrons. The van der Waals surface area contributed by atoms with E-state index in [1.165, 1.54) is 24.5 Å². The van der Waals surface area contributed by atoms with Gasteiger partial charge in [-0.1, -0.05) is 41.5 Å². The third-order valence-corrected chi connectivity index (χ3v) is 12.9. The van der Waals surface area contributed by atoms with Crippen LogP contribution in [-0.2, 0) is 22.3 Å². The van der Waals surface area contributed by atoms with Crippen LogP contribution in [0, 0.1) is 10.8 Å². The van der Waals surface area contributed by atoms with Gasteiger partial charge in [-0.05, 0) is 139 Å². The molecule has 4 heterocycles. The van der Waals surface area contributed by atoms with Crippen LogP contribution >= 0.6 is 0 Å². The molecule has 0 unspecified atom stereocenters. The minimum atomic E-state index is -1.23. The lowest BCUT2D eigenvalue weighted by Crippen LogP contribution is -2.33. The number of unbranched alkanes of at least 4 members (excludes halogenated alkanes) is 4. The number of hydrogen-bond donors (Lipinski definition) is 4. The number of pyridine rings is 2. The van der Waals surface area contributed by atoms with Crippen molar-refractivity contribution in [1.29, 1.82) is 0 Å². The van der Waals surface area contributed by atoms with E-state index in [9.17, 15) is 39.0 Å². The smallest absolute Gasteiger partial charge is 0.407 e. The largest absolute Gasteiger partial charge is 0.493 e. The van der Waals surface area contributed by atoms with E-state index < -0.39 is 46.2 Å². The number of nitrogens with zero attached hydrogens (tertiary/aromatic N) is 2. The lowest BCUT2D eigenvalue weighted by molar-refractivity contribution is 0.0515. The Labute approximate surface area is 446 Å². The fourth-order valence-electron chi connectivity index (χ4n) is 9.17. The van der Waals surface area contributed by atoms with Crippen LogP contribution in [0.3, 0.4) is 0 Å². The number of rotatable bonds is 18. The minimum Gasteiger partial charge on any atom is -0.493 e. The Morgan fingerprint density at radius 3 is 1.18 bits per heavy atom. The van der Waals surface area contributed by atoms with Gasteiger partial charge < -0.3 is 58.4 Å². The molecule has 0 bridgehead atoms. The molecule has 18 nitrogen and oxygen atoms in total. The molecule has 2 aromatic heterocycles. The zero-order chi connectivity index (χ0) is 56.5. The van der Waals surface area contributed by atoms with Gasteiger partial charge in [-0.3, -0.25) is 9.59 Å². The van der Waals surface area contributed by atoms with Gasteiger partial charge in [-0.15, -0.1) is 0 Å². The van der Waals surface area contributed by atoms with Crippen molar-refractivity contribution < 1.29 is 57.8 Å². The van der Waals surface area contributed by atoms with Crippen molar-refractivity contribution in [1.82, 2.24) is 19.8 Å². The van der Waals surface area contributed by atoms with Crippen LogP contribution < -0.4 is 40.4 Å². The summed E-state index contributed by atoms with van der Waals surface area (Å²) in [5, 5.41) is 24.5. The number of carboxylic acids is 2. The van der Waals surface area contributed by atoms with Gasteiger partial charge in [0.15, 0.2) is 33.9 Å². The summed E-state index contributed by atoms with van der Waals surface area (Å²) in [4.78, 5) is 71.9. The maximum absolute atomic E-state index is 12.6. The van der Waals surface area contributed by atoms with Gasteiger partial charge in [0, 0.05) is 60.8 Å². The van der Waals surface area contributed by atoms with Crippen molar-refractivity contribution in [2.24, 2.45) is 10.8 Å². The normalized spacial score (nSPS) is 14.8. The Bertz CT molecular complexity index is 2660. The summed E-state index contributed by atoms with van der Waals surface area (Å²) in [6.45, 7) is 25.6. The fraction of sp³-hybridized carbons (Fsp3) is 0.552. The summed E-state index contributed by atoms with van der Waals surface area (Å²) in [6, 6.07) is 10.4. The number of hydrogen-bond acceptors (Lipinski definition) is 12. The Morgan fingerprint density at radius 1 is 0.526 bits per heavy atom. The van der Waals surface area contributed by atoms with Crippen LogP contribution in [0.1, 0.15) is 166 Å². The summed E-state index contributed by atoms with van der Waals surface area (Å²) < 4.78 is 37.7.